The monoisotopic (exact) mass is 443 g/mol. The Balaban J connectivity index is 1.89. The van der Waals surface area contributed by atoms with Gasteiger partial charge in [0.2, 0.25) is 21.7 Å². The van der Waals surface area contributed by atoms with Gasteiger partial charge < -0.3 is 10.6 Å². The molecule has 3 rings (SSSR count). The van der Waals surface area contributed by atoms with Crippen LogP contribution in [0.4, 0.5) is 28.8 Å². The standard InChI is InChI=1S/C19H21N7O4S/c1-3-25(4-2)31(29,30)15-10-8-14(9-11-15)23-18-17(26(27)28)19(22-13-21-18)24-16-7-5-6-12-20-16/h5-13H,3-4H2,1-2H3,(H2,20,21,22,23,24). The molecule has 2 N–H and O–H groups in total. The molecule has 12 heteroatoms. The van der Waals surface area contributed by atoms with Crippen molar-refractivity contribution in [3.05, 3.63) is 65.1 Å². The van der Waals surface area contributed by atoms with Crippen molar-refractivity contribution in [3.63, 3.8) is 0 Å². The average Bonchev–Trinajstić information content (AvgIpc) is 2.75. The molecule has 0 aliphatic carbocycles. The first kappa shape index (κ1) is 22.1. The van der Waals surface area contributed by atoms with Gasteiger partial charge in [0.05, 0.1) is 9.82 Å². The van der Waals surface area contributed by atoms with Crippen molar-refractivity contribution >= 4 is 38.9 Å². The highest BCUT2D eigenvalue weighted by Gasteiger charge is 2.24. The molecular formula is C19H21N7O4S. The first-order valence-corrected chi connectivity index (χ1v) is 10.9. The first-order valence-electron chi connectivity index (χ1n) is 9.41. The number of hydrogen-bond acceptors (Lipinski definition) is 9. The van der Waals surface area contributed by atoms with E-state index in [4.69, 9.17) is 0 Å². The van der Waals surface area contributed by atoms with E-state index in [2.05, 4.69) is 25.6 Å². The van der Waals surface area contributed by atoms with E-state index in [1.165, 1.54) is 34.9 Å². The Hall–Kier alpha value is -3.64. The Morgan fingerprint density at radius 2 is 1.61 bits per heavy atom. The van der Waals surface area contributed by atoms with Gasteiger partial charge in [0.25, 0.3) is 0 Å². The SMILES string of the molecule is CCN(CC)S(=O)(=O)c1ccc(Nc2ncnc(Nc3ccccn3)c2[N+](=O)[O-])cc1. The number of nitro groups is 1. The maximum Gasteiger partial charge on any atom is 0.353 e. The minimum absolute atomic E-state index is 0.0260. The largest absolute Gasteiger partial charge is 0.353 e. The summed E-state index contributed by atoms with van der Waals surface area (Å²) in [7, 11) is -3.60. The summed E-state index contributed by atoms with van der Waals surface area (Å²) in [6, 6.07) is 11.0. The fourth-order valence-electron chi connectivity index (χ4n) is 2.85. The Morgan fingerprint density at radius 1 is 0.968 bits per heavy atom. The van der Waals surface area contributed by atoms with E-state index in [1.807, 2.05) is 0 Å². The molecule has 1 aromatic carbocycles. The first-order chi connectivity index (χ1) is 14.9. The summed E-state index contributed by atoms with van der Waals surface area (Å²) in [5, 5.41) is 17.3. The lowest BCUT2D eigenvalue weighted by molar-refractivity contribution is -0.383. The number of anilines is 4. The molecule has 0 radical (unpaired) electrons. The smallest absolute Gasteiger partial charge is 0.334 e. The van der Waals surface area contributed by atoms with Crippen LogP contribution < -0.4 is 10.6 Å². The second kappa shape index (κ2) is 9.45. The average molecular weight is 443 g/mol. The summed E-state index contributed by atoms with van der Waals surface area (Å²) in [5.41, 5.74) is 0.0667. The molecule has 0 bridgehead atoms. The lowest BCUT2D eigenvalue weighted by Gasteiger charge is -2.18. The minimum Gasteiger partial charge on any atom is -0.334 e. The zero-order valence-corrected chi connectivity index (χ0v) is 17.7. The highest BCUT2D eigenvalue weighted by atomic mass is 32.2. The van der Waals surface area contributed by atoms with E-state index in [9.17, 15) is 18.5 Å². The Labute approximate surface area is 179 Å². The molecule has 0 aliphatic heterocycles. The second-order valence-electron chi connectivity index (χ2n) is 6.26. The van der Waals surface area contributed by atoms with Crippen molar-refractivity contribution in [1.29, 1.82) is 0 Å². The third kappa shape index (κ3) is 4.92. The van der Waals surface area contributed by atoms with Gasteiger partial charge in [-0.25, -0.2) is 23.4 Å². The molecule has 31 heavy (non-hydrogen) atoms. The van der Waals surface area contributed by atoms with Crippen LogP contribution in [0.15, 0.2) is 59.9 Å². The van der Waals surface area contributed by atoms with Crippen LogP contribution in [0, 0.1) is 10.1 Å². The number of nitrogens with one attached hydrogen (secondary N) is 2. The maximum atomic E-state index is 12.6. The van der Waals surface area contributed by atoms with Gasteiger partial charge in [-0.15, -0.1) is 0 Å². The zero-order valence-electron chi connectivity index (χ0n) is 16.9. The fourth-order valence-corrected chi connectivity index (χ4v) is 4.31. The van der Waals surface area contributed by atoms with Gasteiger partial charge >= 0.3 is 5.69 Å². The molecule has 0 unspecified atom stereocenters. The topological polar surface area (TPSA) is 143 Å². The summed E-state index contributed by atoms with van der Waals surface area (Å²) in [6.45, 7) is 4.25. The fraction of sp³-hybridized carbons (Fsp3) is 0.211. The molecule has 2 aromatic heterocycles. The lowest BCUT2D eigenvalue weighted by Crippen LogP contribution is -2.30. The van der Waals surface area contributed by atoms with Gasteiger partial charge in [-0.2, -0.15) is 4.31 Å². The van der Waals surface area contributed by atoms with E-state index >= 15 is 0 Å². The minimum atomic E-state index is -3.60. The van der Waals surface area contributed by atoms with Crippen LogP contribution in [0.5, 0.6) is 0 Å². The molecule has 3 aromatic rings. The van der Waals surface area contributed by atoms with Crippen molar-refractivity contribution in [2.75, 3.05) is 23.7 Å². The quantitative estimate of drug-likeness (QED) is 0.376. The Morgan fingerprint density at radius 3 is 2.16 bits per heavy atom. The molecule has 2 heterocycles. The summed E-state index contributed by atoms with van der Waals surface area (Å²) in [4.78, 5) is 23.2. The van der Waals surface area contributed by atoms with Crippen LogP contribution in [0.3, 0.4) is 0 Å². The summed E-state index contributed by atoms with van der Waals surface area (Å²) in [6.07, 6.45) is 2.72. The molecule has 0 atom stereocenters. The number of nitrogens with zero attached hydrogens (tertiary/aromatic N) is 5. The van der Waals surface area contributed by atoms with Crippen molar-refractivity contribution in [1.82, 2.24) is 19.3 Å². The molecule has 0 saturated heterocycles. The van der Waals surface area contributed by atoms with E-state index < -0.39 is 14.9 Å². The van der Waals surface area contributed by atoms with E-state index in [-0.39, 0.29) is 22.2 Å². The summed E-state index contributed by atoms with van der Waals surface area (Å²) in [5.74, 6) is 0.320. The van der Waals surface area contributed by atoms with Crippen molar-refractivity contribution in [3.8, 4) is 0 Å². The summed E-state index contributed by atoms with van der Waals surface area (Å²) < 4.78 is 26.6. The van der Waals surface area contributed by atoms with E-state index in [0.29, 0.717) is 24.6 Å². The second-order valence-corrected chi connectivity index (χ2v) is 8.19. The van der Waals surface area contributed by atoms with E-state index in [1.54, 1.807) is 38.2 Å². The highest BCUT2D eigenvalue weighted by molar-refractivity contribution is 7.89. The van der Waals surface area contributed by atoms with E-state index in [0.717, 1.165) is 0 Å². The number of pyridine rings is 1. The number of aromatic nitrogens is 3. The molecule has 11 nitrogen and oxygen atoms in total. The highest BCUT2D eigenvalue weighted by Crippen LogP contribution is 2.32. The van der Waals surface area contributed by atoms with Crippen molar-refractivity contribution in [2.45, 2.75) is 18.7 Å². The van der Waals surface area contributed by atoms with Gasteiger partial charge in [0, 0.05) is 25.0 Å². The molecule has 0 amide bonds. The number of rotatable bonds is 9. The van der Waals surface area contributed by atoms with Gasteiger partial charge in [-0.1, -0.05) is 19.9 Å². The van der Waals surface area contributed by atoms with Crippen LogP contribution in [0.25, 0.3) is 0 Å². The van der Waals surface area contributed by atoms with Crippen LogP contribution in [0.1, 0.15) is 13.8 Å². The molecule has 0 fully saturated rings. The van der Waals surface area contributed by atoms with Crippen LogP contribution in [0.2, 0.25) is 0 Å². The van der Waals surface area contributed by atoms with Crippen LogP contribution in [-0.4, -0.2) is 45.7 Å². The Bertz CT molecular complexity index is 1150. The predicted molar refractivity (Wildman–Crippen MR) is 116 cm³/mol. The normalized spacial score (nSPS) is 11.3. The third-order valence-electron chi connectivity index (χ3n) is 4.38. The summed E-state index contributed by atoms with van der Waals surface area (Å²) >= 11 is 0. The van der Waals surface area contributed by atoms with Gasteiger partial charge in [0.1, 0.15) is 12.1 Å². The third-order valence-corrected chi connectivity index (χ3v) is 6.44. The van der Waals surface area contributed by atoms with Gasteiger partial charge in [0.15, 0.2) is 0 Å². The van der Waals surface area contributed by atoms with Gasteiger partial charge in [-0.3, -0.25) is 10.1 Å². The van der Waals surface area contributed by atoms with Crippen molar-refractivity contribution < 1.29 is 13.3 Å². The zero-order chi connectivity index (χ0) is 22.4. The lowest BCUT2D eigenvalue weighted by atomic mass is 10.3. The molecular weight excluding hydrogens is 422 g/mol. The van der Waals surface area contributed by atoms with Crippen LogP contribution >= 0.6 is 0 Å². The predicted octanol–water partition coefficient (Wildman–Crippen LogP) is 3.30. The number of benzene rings is 1. The van der Waals surface area contributed by atoms with Crippen molar-refractivity contribution in [2.24, 2.45) is 0 Å². The maximum absolute atomic E-state index is 12.6. The van der Waals surface area contributed by atoms with Gasteiger partial charge in [-0.05, 0) is 36.4 Å². The number of sulfonamides is 1. The van der Waals surface area contributed by atoms with Crippen LogP contribution in [-0.2, 0) is 10.0 Å². The molecule has 0 saturated carbocycles. The molecule has 0 aliphatic rings. The molecule has 0 spiro atoms. The molecule has 162 valence electrons. The number of hydrogen-bond donors (Lipinski definition) is 2. The Kier molecular flexibility index (Phi) is 6.72.